The molecule has 18 heavy (non-hydrogen) atoms. The van der Waals surface area contributed by atoms with Gasteiger partial charge in [0.1, 0.15) is 0 Å². The first-order valence-corrected chi connectivity index (χ1v) is 7.18. The maximum absolute atomic E-state index is 5.54. The standard InChI is InChI=1S/C14H25N3O/c1-2-4-12-5-3-7-17(8-6-12)11-14-9-13(10-15)16-18-14/h9,12H,2-8,10-11,15H2,1H3. The fourth-order valence-electron chi connectivity index (χ4n) is 2.83. The van der Waals surface area contributed by atoms with Gasteiger partial charge in [0, 0.05) is 12.6 Å². The highest BCUT2D eigenvalue weighted by atomic mass is 16.5. The maximum Gasteiger partial charge on any atom is 0.151 e. The third-order valence-corrected chi connectivity index (χ3v) is 3.83. The lowest BCUT2D eigenvalue weighted by Crippen LogP contribution is -2.24. The van der Waals surface area contributed by atoms with Gasteiger partial charge in [-0.3, -0.25) is 4.90 Å². The second kappa shape index (κ2) is 6.90. The summed E-state index contributed by atoms with van der Waals surface area (Å²) in [5.41, 5.74) is 6.39. The van der Waals surface area contributed by atoms with Crippen LogP contribution in [0.25, 0.3) is 0 Å². The minimum Gasteiger partial charge on any atom is -0.360 e. The highest BCUT2D eigenvalue weighted by molar-refractivity contribution is 5.04. The molecule has 0 saturated carbocycles. The van der Waals surface area contributed by atoms with Crippen LogP contribution in [0.4, 0.5) is 0 Å². The van der Waals surface area contributed by atoms with Gasteiger partial charge in [-0.25, -0.2) is 0 Å². The van der Waals surface area contributed by atoms with Crippen LogP contribution in [-0.2, 0) is 13.1 Å². The second-order valence-corrected chi connectivity index (χ2v) is 5.35. The highest BCUT2D eigenvalue weighted by Crippen LogP contribution is 2.22. The molecule has 1 aromatic rings. The predicted molar refractivity (Wildman–Crippen MR) is 71.9 cm³/mol. The Bertz CT molecular complexity index is 351. The Labute approximate surface area is 110 Å². The van der Waals surface area contributed by atoms with Crippen LogP contribution in [0.3, 0.4) is 0 Å². The molecule has 1 atom stereocenters. The molecular formula is C14H25N3O. The van der Waals surface area contributed by atoms with Crippen molar-refractivity contribution in [1.29, 1.82) is 0 Å². The van der Waals surface area contributed by atoms with Crippen molar-refractivity contribution >= 4 is 0 Å². The lowest BCUT2D eigenvalue weighted by Gasteiger charge is -2.18. The van der Waals surface area contributed by atoms with Gasteiger partial charge in [0.15, 0.2) is 5.76 Å². The molecule has 0 amide bonds. The summed E-state index contributed by atoms with van der Waals surface area (Å²) in [6.07, 6.45) is 6.71. The summed E-state index contributed by atoms with van der Waals surface area (Å²) in [7, 11) is 0. The summed E-state index contributed by atoms with van der Waals surface area (Å²) in [5.74, 6) is 1.87. The molecule has 2 heterocycles. The third-order valence-electron chi connectivity index (χ3n) is 3.83. The molecule has 0 radical (unpaired) electrons. The van der Waals surface area contributed by atoms with Crippen molar-refractivity contribution < 1.29 is 4.52 Å². The summed E-state index contributed by atoms with van der Waals surface area (Å²) in [5, 5.41) is 3.94. The lowest BCUT2D eigenvalue weighted by atomic mass is 9.96. The normalized spacial score (nSPS) is 22.0. The number of likely N-dealkylation sites (tertiary alicyclic amines) is 1. The average molecular weight is 251 g/mol. The van der Waals surface area contributed by atoms with Crippen molar-refractivity contribution in [2.45, 2.75) is 52.1 Å². The first-order chi connectivity index (χ1) is 8.81. The molecule has 1 aromatic heterocycles. The van der Waals surface area contributed by atoms with E-state index in [-0.39, 0.29) is 0 Å². The van der Waals surface area contributed by atoms with Gasteiger partial charge in [0.2, 0.25) is 0 Å². The second-order valence-electron chi connectivity index (χ2n) is 5.35. The van der Waals surface area contributed by atoms with Gasteiger partial charge in [-0.2, -0.15) is 0 Å². The predicted octanol–water partition coefficient (Wildman–Crippen LogP) is 2.54. The summed E-state index contributed by atoms with van der Waals surface area (Å²) in [6.45, 7) is 5.99. The van der Waals surface area contributed by atoms with Gasteiger partial charge in [0.25, 0.3) is 0 Å². The van der Waals surface area contributed by atoms with Gasteiger partial charge in [-0.15, -0.1) is 0 Å². The molecule has 4 heteroatoms. The molecular weight excluding hydrogens is 226 g/mol. The smallest absolute Gasteiger partial charge is 0.151 e. The van der Waals surface area contributed by atoms with Crippen molar-refractivity contribution in [2.24, 2.45) is 11.7 Å². The van der Waals surface area contributed by atoms with Crippen LogP contribution < -0.4 is 5.73 Å². The minimum absolute atomic E-state index is 0.460. The Morgan fingerprint density at radius 3 is 3.06 bits per heavy atom. The number of nitrogens with two attached hydrogens (primary N) is 1. The molecule has 2 N–H and O–H groups in total. The number of hydrogen-bond donors (Lipinski definition) is 1. The highest BCUT2D eigenvalue weighted by Gasteiger charge is 2.17. The molecule has 2 rings (SSSR count). The van der Waals surface area contributed by atoms with E-state index in [0.717, 1.165) is 23.9 Å². The Kier molecular flexibility index (Phi) is 5.20. The lowest BCUT2D eigenvalue weighted by molar-refractivity contribution is 0.235. The molecule has 4 nitrogen and oxygen atoms in total. The van der Waals surface area contributed by atoms with E-state index in [1.54, 1.807) is 0 Å². The van der Waals surface area contributed by atoms with Crippen LogP contribution in [0, 0.1) is 5.92 Å². The Hall–Kier alpha value is -0.870. The van der Waals surface area contributed by atoms with Crippen LogP contribution in [0.5, 0.6) is 0 Å². The Morgan fingerprint density at radius 1 is 1.44 bits per heavy atom. The Balaban J connectivity index is 1.82. The number of rotatable bonds is 5. The maximum atomic E-state index is 5.54. The van der Waals surface area contributed by atoms with E-state index >= 15 is 0 Å². The monoisotopic (exact) mass is 251 g/mol. The van der Waals surface area contributed by atoms with Crippen LogP contribution >= 0.6 is 0 Å². The molecule has 0 aliphatic carbocycles. The topological polar surface area (TPSA) is 55.3 Å². The van der Waals surface area contributed by atoms with Gasteiger partial charge >= 0.3 is 0 Å². The summed E-state index contributed by atoms with van der Waals surface area (Å²) < 4.78 is 5.30. The summed E-state index contributed by atoms with van der Waals surface area (Å²) in [6, 6.07) is 1.98. The van der Waals surface area contributed by atoms with Crippen LogP contribution in [-0.4, -0.2) is 23.1 Å². The zero-order chi connectivity index (χ0) is 12.8. The molecule has 1 fully saturated rings. The first kappa shape index (κ1) is 13.6. The van der Waals surface area contributed by atoms with Gasteiger partial charge in [0.05, 0.1) is 12.2 Å². The molecule has 1 saturated heterocycles. The van der Waals surface area contributed by atoms with E-state index in [1.807, 2.05) is 6.07 Å². The van der Waals surface area contributed by atoms with E-state index in [2.05, 4.69) is 17.0 Å². The van der Waals surface area contributed by atoms with Crippen LogP contribution in [0.1, 0.15) is 50.5 Å². The third kappa shape index (κ3) is 3.82. The molecule has 102 valence electrons. The van der Waals surface area contributed by atoms with E-state index in [1.165, 1.54) is 45.2 Å². The summed E-state index contributed by atoms with van der Waals surface area (Å²) in [4.78, 5) is 2.48. The van der Waals surface area contributed by atoms with E-state index in [9.17, 15) is 0 Å². The summed E-state index contributed by atoms with van der Waals surface area (Å²) >= 11 is 0. The van der Waals surface area contributed by atoms with E-state index in [4.69, 9.17) is 10.3 Å². The average Bonchev–Trinajstić information content (AvgIpc) is 2.71. The van der Waals surface area contributed by atoms with Crippen molar-refractivity contribution in [3.63, 3.8) is 0 Å². The quantitative estimate of drug-likeness (QED) is 0.873. The number of hydrogen-bond acceptors (Lipinski definition) is 4. The molecule has 0 bridgehead atoms. The minimum atomic E-state index is 0.460. The zero-order valence-electron chi connectivity index (χ0n) is 11.4. The van der Waals surface area contributed by atoms with Crippen LogP contribution in [0.15, 0.2) is 10.6 Å². The van der Waals surface area contributed by atoms with Gasteiger partial charge in [-0.05, 0) is 38.3 Å². The van der Waals surface area contributed by atoms with E-state index in [0.29, 0.717) is 6.54 Å². The molecule has 1 aliphatic rings. The van der Waals surface area contributed by atoms with Crippen LogP contribution in [0.2, 0.25) is 0 Å². The first-order valence-electron chi connectivity index (χ1n) is 7.18. The van der Waals surface area contributed by atoms with Crippen molar-refractivity contribution in [3.05, 3.63) is 17.5 Å². The Morgan fingerprint density at radius 2 is 2.33 bits per heavy atom. The fraction of sp³-hybridized carbons (Fsp3) is 0.786. The van der Waals surface area contributed by atoms with Crippen molar-refractivity contribution in [2.75, 3.05) is 13.1 Å². The molecule has 1 aliphatic heterocycles. The SMILES string of the molecule is CCCC1CCCN(Cc2cc(CN)no2)CC1. The zero-order valence-corrected chi connectivity index (χ0v) is 11.4. The molecule has 1 unspecified atom stereocenters. The molecule has 0 spiro atoms. The number of nitrogens with zero attached hydrogens (tertiary/aromatic N) is 2. The largest absolute Gasteiger partial charge is 0.360 e. The number of aromatic nitrogens is 1. The van der Waals surface area contributed by atoms with Crippen molar-refractivity contribution in [3.8, 4) is 0 Å². The molecule has 0 aromatic carbocycles. The van der Waals surface area contributed by atoms with Gasteiger partial charge < -0.3 is 10.3 Å². The fourth-order valence-corrected chi connectivity index (χ4v) is 2.83. The van der Waals surface area contributed by atoms with Gasteiger partial charge in [-0.1, -0.05) is 24.9 Å². The van der Waals surface area contributed by atoms with Crippen molar-refractivity contribution in [1.82, 2.24) is 10.1 Å². The van der Waals surface area contributed by atoms with E-state index < -0.39 is 0 Å².